The molecule has 116 valence electrons. The third kappa shape index (κ3) is 2.81. The molecule has 6 nitrogen and oxygen atoms in total. The number of amides is 4. The maximum Gasteiger partial charge on any atom is 0.325 e. The Balaban J connectivity index is 1.66. The number of carbonyl (C=O) groups excluding carboxylic acids is 3. The van der Waals surface area contributed by atoms with Crippen LogP contribution in [-0.2, 0) is 9.59 Å². The van der Waals surface area contributed by atoms with Crippen LogP contribution in [0, 0.1) is 9.49 Å². The second-order valence-corrected chi connectivity index (χ2v) is 7.10. The van der Waals surface area contributed by atoms with Gasteiger partial charge in [-0.15, -0.1) is 0 Å². The van der Waals surface area contributed by atoms with Crippen LogP contribution in [0.5, 0.6) is 0 Å². The van der Waals surface area contributed by atoms with E-state index in [9.17, 15) is 14.4 Å². The summed E-state index contributed by atoms with van der Waals surface area (Å²) in [5.41, 5.74) is -0.201. The fourth-order valence-electron chi connectivity index (χ4n) is 2.71. The van der Waals surface area contributed by atoms with Crippen molar-refractivity contribution >= 4 is 46.1 Å². The molecule has 2 N–H and O–H groups in total. The molecule has 1 aliphatic carbocycles. The molecule has 7 heteroatoms. The van der Waals surface area contributed by atoms with Crippen molar-refractivity contribution in [3.63, 3.8) is 0 Å². The second-order valence-electron chi connectivity index (χ2n) is 5.86. The summed E-state index contributed by atoms with van der Waals surface area (Å²) in [6, 6.07) is 6.83. The molecule has 0 radical (unpaired) electrons. The summed E-state index contributed by atoms with van der Waals surface area (Å²) in [4.78, 5) is 37.5. The highest BCUT2D eigenvalue weighted by molar-refractivity contribution is 14.1. The molecular weight excluding hydrogens is 397 g/mol. The summed E-state index contributed by atoms with van der Waals surface area (Å²) in [5, 5.41) is 5.43. The van der Waals surface area contributed by atoms with Crippen molar-refractivity contribution in [2.45, 2.75) is 25.3 Å². The summed E-state index contributed by atoms with van der Waals surface area (Å²) in [6.45, 7) is 1.47. The molecule has 1 aromatic carbocycles. The Bertz CT molecular complexity index is 659. The summed E-state index contributed by atoms with van der Waals surface area (Å²) in [6.07, 6.45) is 1.87. The number of halogens is 1. The number of rotatable bonds is 4. The van der Waals surface area contributed by atoms with Crippen LogP contribution >= 0.6 is 22.6 Å². The van der Waals surface area contributed by atoms with Crippen LogP contribution in [0.15, 0.2) is 24.3 Å². The fraction of sp³-hybridized carbons (Fsp3) is 0.400. The Kier molecular flexibility index (Phi) is 3.84. The van der Waals surface area contributed by atoms with Gasteiger partial charge in [-0.05, 0) is 66.5 Å². The summed E-state index contributed by atoms with van der Waals surface area (Å²) in [5.74, 6) is -0.504. The maximum atomic E-state index is 12.4. The average molecular weight is 413 g/mol. The van der Waals surface area contributed by atoms with Gasteiger partial charge < -0.3 is 10.6 Å². The number of nitrogens with one attached hydrogen (secondary N) is 2. The molecule has 1 atom stereocenters. The lowest BCUT2D eigenvalue weighted by Crippen LogP contribution is -2.46. The van der Waals surface area contributed by atoms with Gasteiger partial charge in [0.05, 0.1) is 0 Å². The van der Waals surface area contributed by atoms with E-state index in [0.717, 1.165) is 21.3 Å². The molecule has 0 bridgehead atoms. The van der Waals surface area contributed by atoms with E-state index in [-0.39, 0.29) is 24.3 Å². The van der Waals surface area contributed by atoms with Gasteiger partial charge in [0.15, 0.2) is 0 Å². The van der Waals surface area contributed by atoms with Gasteiger partial charge in [-0.25, -0.2) is 4.79 Å². The van der Waals surface area contributed by atoms with Crippen molar-refractivity contribution in [3.8, 4) is 0 Å². The average Bonchev–Trinajstić information content (AvgIpc) is 3.25. The third-order valence-electron chi connectivity index (χ3n) is 4.11. The molecular formula is C15H16IN3O3. The van der Waals surface area contributed by atoms with Crippen LogP contribution in [0.25, 0.3) is 0 Å². The van der Waals surface area contributed by atoms with Gasteiger partial charge in [0.1, 0.15) is 12.1 Å². The maximum absolute atomic E-state index is 12.4. The summed E-state index contributed by atoms with van der Waals surface area (Å²) in [7, 11) is 0. The van der Waals surface area contributed by atoms with Crippen LogP contribution in [-0.4, -0.2) is 34.8 Å². The van der Waals surface area contributed by atoms with E-state index in [0.29, 0.717) is 5.69 Å². The molecule has 1 heterocycles. The van der Waals surface area contributed by atoms with Gasteiger partial charge in [-0.1, -0.05) is 6.07 Å². The van der Waals surface area contributed by atoms with Crippen LogP contribution in [0.1, 0.15) is 19.8 Å². The Morgan fingerprint density at radius 1 is 1.45 bits per heavy atom. The van der Waals surface area contributed by atoms with Crippen molar-refractivity contribution in [1.29, 1.82) is 0 Å². The largest absolute Gasteiger partial charge is 0.325 e. The minimum atomic E-state index is -0.848. The molecule has 2 fully saturated rings. The molecule has 3 rings (SSSR count). The van der Waals surface area contributed by atoms with E-state index in [1.54, 1.807) is 13.0 Å². The second kappa shape index (κ2) is 5.53. The normalized spacial score (nSPS) is 24.4. The first kappa shape index (κ1) is 15.3. The predicted octanol–water partition coefficient (Wildman–Crippen LogP) is 1.95. The van der Waals surface area contributed by atoms with Crippen LogP contribution in [0.4, 0.5) is 10.5 Å². The van der Waals surface area contributed by atoms with Gasteiger partial charge in [0.25, 0.3) is 5.91 Å². The third-order valence-corrected chi connectivity index (χ3v) is 4.78. The lowest BCUT2D eigenvalue weighted by atomic mass is 9.96. The van der Waals surface area contributed by atoms with Gasteiger partial charge in [-0.2, -0.15) is 0 Å². The summed E-state index contributed by atoms with van der Waals surface area (Å²) >= 11 is 2.15. The predicted molar refractivity (Wildman–Crippen MR) is 89.2 cm³/mol. The van der Waals surface area contributed by atoms with Crippen molar-refractivity contribution in [2.75, 3.05) is 11.9 Å². The topological polar surface area (TPSA) is 78.5 Å². The number of hydrogen-bond acceptors (Lipinski definition) is 3. The number of carbonyl (C=O) groups is 3. The molecule has 1 aliphatic heterocycles. The molecule has 2 aliphatic rings. The Labute approximate surface area is 141 Å². The van der Waals surface area contributed by atoms with Crippen molar-refractivity contribution in [3.05, 3.63) is 27.8 Å². The molecule has 1 unspecified atom stereocenters. The molecule has 1 saturated carbocycles. The zero-order valence-electron chi connectivity index (χ0n) is 12.1. The Hall–Kier alpha value is -1.64. The number of urea groups is 1. The van der Waals surface area contributed by atoms with E-state index in [1.807, 2.05) is 18.2 Å². The number of nitrogens with zero attached hydrogens (tertiary/aromatic N) is 1. The van der Waals surface area contributed by atoms with Crippen LogP contribution < -0.4 is 10.6 Å². The number of imide groups is 1. The van der Waals surface area contributed by atoms with Crippen LogP contribution in [0.2, 0.25) is 0 Å². The first-order valence-corrected chi connectivity index (χ1v) is 8.17. The minimum absolute atomic E-state index is 0.188. The number of hydrogen-bond donors (Lipinski definition) is 2. The smallest absolute Gasteiger partial charge is 0.324 e. The molecule has 1 aromatic rings. The van der Waals surface area contributed by atoms with E-state index in [4.69, 9.17) is 0 Å². The first-order chi connectivity index (χ1) is 10.4. The first-order valence-electron chi connectivity index (χ1n) is 7.09. The highest BCUT2D eigenvalue weighted by Gasteiger charge is 2.56. The van der Waals surface area contributed by atoms with Crippen LogP contribution in [0.3, 0.4) is 0 Å². The van der Waals surface area contributed by atoms with E-state index >= 15 is 0 Å². The van der Waals surface area contributed by atoms with E-state index in [1.165, 1.54) is 0 Å². The molecule has 0 spiro atoms. The molecule has 4 amide bonds. The van der Waals surface area contributed by atoms with Gasteiger partial charge in [0, 0.05) is 9.26 Å². The lowest BCUT2D eigenvalue weighted by molar-refractivity contribution is -0.134. The Morgan fingerprint density at radius 3 is 2.82 bits per heavy atom. The molecule has 0 aromatic heterocycles. The zero-order valence-corrected chi connectivity index (χ0v) is 14.2. The van der Waals surface area contributed by atoms with Crippen molar-refractivity contribution in [1.82, 2.24) is 10.2 Å². The quantitative estimate of drug-likeness (QED) is 0.585. The standard InChI is InChI=1S/C15H16IN3O3/c1-15(9-5-6-9)13(21)19(14(22)18-15)8-12(20)17-11-4-2-3-10(16)7-11/h2-4,7,9H,5-6,8H2,1H3,(H,17,20)(H,18,22). The monoisotopic (exact) mass is 413 g/mol. The minimum Gasteiger partial charge on any atom is -0.324 e. The van der Waals surface area contributed by atoms with Crippen molar-refractivity contribution in [2.24, 2.45) is 5.92 Å². The fourth-order valence-corrected chi connectivity index (χ4v) is 3.25. The zero-order chi connectivity index (χ0) is 15.9. The van der Waals surface area contributed by atoms with E-state index < -0.39 is 11.6 Å². The van der Waals surface area contributed by atoms with E-state index in [2.05, 4.69) is 33.2 Å². The summed E-state index contributed by atoms with van der Waals surface area (Å²) < 4.78 is 0.992. The SMILES string of the molecule is CC1(C2CC2)NC(=O)N(CC(=O)Nc2cccc(I)c2)C1=O. The van der Waals surface area contributed by atoms with Gasteiger partial charge in [0.2, 0.25) is 5.91 Å². The highest BCUT2D eigenvalue weighted by atomic mass is 127. The van der Waals surface area contributed by atoms with Gasteiger partial charge >= 0.3 is 6.03 Å². The Morgan fingerprint density at radius 2 is 2.18 bits per heavy atom. The number of benzene rings is 1. The lowest BCUT2D eigenvalue weighted by Gasteiger charge is -2.20. The number of anilines is 1. The molecule has 1 saturated heterocycles. The molecule has 22 heavy (non-hydrogen) atoms. The highest BCUT2D eigenvalue weighted by Crippen LogP contribution is 2.42. The van der Waals surface area contributed by atoms with Gasteiger partial charge in [-0.3, -0.25) is 14.5 Å². The van der Waals surface area contributed by atoms with Crippen molar-refractivity contribution < 1.29 is 14.4 Å².